The average molecular weight is 355 g/mol. The van der Waals surface area contributed by atoms with Crippen LogP contribution in [0.4, 0.5) is 0 Å². The van der Waals surface area contributed by atoms with E-state index in [0.717, 1.165) is 17.8 Å². The summed E-state index contributed by atoms with van der Waals surface area (Å²) in [4.78, 5) is 0. The SMILES string of the molecule is COCCNCc1ccc(Oc2nnnn2-c2ccccc2)c(OC)c1. The summed E-state index contributed by atoms with van der Waals surface area (Å²) >= 11 is 0. The van der Waals surface area contributed by atoms with Crippen molar-refractivity contribution in [2.75, 3.05) is 27.4 Å². The van der Waals surface area contributed by atoms with Gasteiger partial charge in [0.25, 0.3) is 0 Å². The molecule has 3 rings (SSSR count). The van der Waals surface area contributed by atoms with E-state index in [1.807, 2.05) is 48.5 Å². The lowest BCUT2D eigenvalue weighted by molar-refractivity contribution is 0.199. The number of tetrazole rings is 1. The Balaban J connectivity index is 1.75. The Kier molecular flexibility index (Phi) is 6.13. The molecular weight excluding hydrogens is 334 g/mol. The Hall–Kier alpha value is -2.97. The molecule has 2 aromatic carbocycles. The van der Waals surface area contributed by atoms with Gasteiger partial charge < -0.3 is 19.5 Å². The van der Waals surface area contributed by atoms with E-state index >= 15 is 0 Å². The fraction of sp³-hybridized carbons (Fsp3) is 0.278. The quantitative estimate of drug-likeness (QED) is 0.589. The number of benzene rings is 2. The van der Waals surface area contributed by atoms with Crippen LogP contribution in [0.25, 0.3) is 5.69 Å². The Morgan fingerprint density at radius 2 is 1.88 bits per heavy atom. The van der Waals surface area contributed by atoms with E-state index < -0.39 is 0 Å². The van der Waals surface area contributed by atoms with Crippen molar-refractivity contribution in [3.8, 4) is 23.2 Å². The van der Waals surface area contributed by atoms with Gasteiger partial charge >= 0.3 is 6.01 Å². The van der Waals surface area contributed by atoms with Crippen LogP contribution in [-0.2, 0) is 11.3 Å². The van der Waals surface area contributed by atoms with Crippen LogP contribution >= 0.6 is 0 Å². The Labute approximate surface area is 151 Å². The van der Waals surface area contributed by atoms with Crippen molar-refractivity contribution in [2.24, 2.45) is 0 Å². The molecule has 26 heavy (non-hydrogen) atoms. The van der Waals surface area contributed by atoms with Gasteiger partial charge in [-0.05, 0) is 40.3 Å². The molecule has 136 valence electrons. The second kappa shape index (κ2) is 8.93. The minimum absolute atomic E-state index is 0.264. The van der Waals surface area contributed by atoms with Crippen molar-refractivity contribution in [1.82, 2.24) is 25.5 Å². The van der Waals surface area contributed by atoms with Crippen LogP contribution in [0.3, 0.4) is 0 Å². The fourth-order valence-electron chi connectivity index (χ4n) is 2.39. The van der Waals surface area contributed by atoms with Crippen LogP contribution in [0, 0.1) is 0 Å². The third kappa shape index (κ3) is 4.35. The normalized spacial score (nSPS) is 10.7. The first-order chi connectivity index (χ1) is 12.8. The van der Waals surface area contributed by atoms with Gasteiger partial charge in [-0.1, -0.05) is 29.4 Å². The summed E-state index contributed by atoms with van der Waals surface area (Å²) < 4.78 is 17.9. The molecule has 0 aliphatic rings. The van der Waals surface area contributed by atoms with Crippen molar-refractivity contribution < 1.29 is 14.2 Å². The predicted octanol–water partition coefficient (Wildman–Crippen LogP) is 2.20. The van der Waals surface area contributed by atoms with Gasteiger partial charge in [0, 0.05) is 20.2 Å². The number of hydrogen-bond donors (Lipinski definition) is 1. The lowest BCUT2D eigenvalue weighted by Gasteiger charge is -2.12. The highest BCUT2D eigenvalue weighted by Crippen LogP contribution is 2.32. The number of ether oxygens (including phenoxy) is 3. The summed E-state index contributed by atoms with van der Waals surface area (Å²) in [6, 6.07) is 15.5. The first kappa shape index (κ1) is 17.8. The third-order valence-corrected chi connectivity index (χ3v) is 3.68. The van der Waals surface area contributed by atoms with Crippen molar-refractivity contribution >= 4 is 0 Å². The maximum atomic E-state index is 5.89. The first-order valence-corrected chi connectivity index (χ1v) is 8.20. The lowest BCUT2D eigenvalue weighted by Crippen LogP contribution is -2.18. The number of nitrogens with one attached hydrogen (secondary N) is 1. The van der Waals surface area contributed by atoms with Crippen molar-refractivity contribution in [3.63, 3.8) is 0 Å². The van der Waals surface area contributed by atoms with Crippen LogP contribution in [-0.4, -0.2) is 47.6 Å². The minimum Gasteiger partial charge on any atom is -0.493 e. The van der Waals surface area contributed by atoms with Crippen LogP contribution in [0.15, 0.2) is 48.5 Å². The molecule has 0 bridgehead atoms. The van der Waals surface area contributed by atoms with Gasteiger partial charge in [0.1, 0.15) is 0 Å². The monoisotopic (exact) mass is 355 g/mol. The Morgan fingerprint density at radius 3 is 2.65 bits per heavy atom. The molecule has 3 aromatic rings. The highest BCUT2D eigenvalue weighted by molar-refractivity contribution is 5.44. The highest BCUT2D eigenvalue weighted by atomic mass is 16.5. The molecule has 8 nitrogen and oxygen atoms in total. The summed E-state index contributed by atoms with van der Waals surface area (Å²) in [5.74, 6) is 1.15. The fourth-order valence-corrected chi connectivity index (χ4v) is 2.39. The second-order valence-corrected chi connectivity index (χ2v) is 5.47. The molecule has 0 atom stereocenters. The number of methoxy groups -OCH3 is 2. The molecule has 1 heterocycles. The van der Waals surface area contributed by atoms with E-state index in [0.29, 0.717) is 24.7 Å². The highest BCUT2D eigenvalue weighted by Gasteiger charge is 2.14. The Morgan fingerprint density at radius 1 is 1.04 bits per heavy atom. The van der Waals surface area contributed by atoms with Crippen molar-refractivity contribution in [2.45, 2.75) is 6.54 Å². The van der Waals surface area contributed by atoms with E-state index in [4.69, 9.17) is 14.2 Å². The standard InChI is InChI=1S/C18H21N5O3/c1-24-11-10-19-13-14-8-9-16(17(12-14)25-2)26-18-20-21-22-23(18)15-6-4-3-5-7-15/h3-9,12,19H,10-11,13H2,1-2H3. The summed E-state index contributed by atoms with van der Waals surface area (Å²) in [5.41, 5.74) is 1.89. The zero-order chi connectivity index (χ0) is 18.2. The molecular formula is C18H21N5O3. The van der Waals surface area contributed by atoms with Crippen molar-refractivity contribution in [1.29, 1.82) is 0 Å². The van der Waals surface area contributed by atoms with Crippen molar-refractivity contribution in [3.05, 3.63) is 54.1 Å². The minimum atomic E-state index is 0.264. The number of nitrogens with zero attached hydrogens (tertiary/aromatic N) is 4. The topological polar surface area (TPSA) is 83.3 Å². The molecule has 0 fully saturated rings. The molecule has 0 saturated heterocycles. The predicted molar refractivity (Wildman–Crippen MR) is 95.8 cm³/mol. The van der Waals surface area contributed by atoms with Gasteiger partial charge in [-0.25, -0.2) is 0 Å². The third-order valence-electron chi connectivity index (χ3n) is 3.68. The van der Waals surface area contributed by atoms with E-state index in [1.54, 1.807) is 14.2 Å². The largest absolute Gasteiger partial charge is 0.493 e. The van der Waals surface area contributed by atoms with Gasteiger partial charge in [-0.15, -0.1) is 0 Å². The van der Waals surface area contributed by atoms with Gasteiger partial charge in [0.2, 0.25) is 0 Å². The molecule has 1 aromatic heterocycles. The maximum Gasteiger partial charge on any atom is 0.346 e. The number of rotatable bonds is 9. The first-order valence-electron chi connectivity index (χ1n) is 8.20. The molecule has 8 heteroatoms. The molecule has 0 spiro atoms. The van der Waals surface area contributed by atoms with E-state index in [-0.39, 0.29) is 6.01 Å². The van der Waals surface area contributed by atoms with Crippen LogP contribution in [0.5, 0.6) is 17.5 Å². The number of para-hydroxylation sites is 1. The number of aromatic nitrogens is 4. The van der Waals surface area contributed by atoms with Gasteiger partial charge in [-0.2, -0.15) is 4.68 Å². The van der Waals surface area contributed by atoms with Gasteiger partial charge in [-0.3, -0.25) is 0 Å². The molecule has 0 aliphatic carbocycles. The van der Waals surface area contributed by atoms with E-state index in [2.05, 4.69) is 20.8 Å². The maximum absolute atomic E-state index is 5.89. The zero-order valence-electron chi connectivity index (χ0n) is 14.8. The van der Waals surface area contributed by atoms with E-state index in [1.165, 1.54) is 4.68 Å². The molecule has 0 aliphatic heterocycles. The summed E-state index contributed by atoms with van der Waals surface area (Å²) in [5, 5.41) is 14.9. The average Bonchev–Trinajstić information content (AvgIpc) is 3.15. The smallest absolute Gasteiger partial charge is 0.346 e. The zero-order valence-corrected chi connectivity index (χ0v) is 14.8. The molecule has 0 unspecified atom stereocenters. The van der Waals surface area contributed by atoms with Gasteiger partial charge in [0.15, 0.2) is 11.5 Å². The lowest BCUT2D eigenvalue weighted by atomic mass is 10.2. The van der Waals surface area contributed by atoms with Crippen LogP contribution in [0.1, 0.15) is 5.56 Å². The Bertz CT molecular complexity index is 823. The van der Waals surface area contributed by atoms with E-state index in [9.17, 15) is 0 Å². The van der Waals surface area contributed by atoms with Crippen LogP contribution in [0.2, 0.25) is 0 Å². The summed E-state index contributed by atoms with van der Waals surface area (Å²) in [6.45, 7) is 2.16. The van der Waals surface area contributed by atoms with Crippen LogP contribution < -0.4 is 14.8 Å². The number of hydrogen-bond acceptors (Lipinski definition) is 7. The summed E-state index contributed by atoms with van der Waals surface area (Å²) in [7, 11) is 3.28. The molecule has 1 N–H and O–H groups in total. The molecule has 0 saturated carbocycles. The molecule has 0 radical (unpaired) electrons. The summed E-state index contributed by atoms with van der Waals surface area (Å²) in [6.07, 6.45) is 0. The van der Waals surface area contributed by atoms with Gasteiger partial charge in [0.05, 0.1) is 19.4 Å². The molecule has 0 amide bonds. The second-order valence-electron chi connectivity index (χ2n) is 5.47.